The lowest BCUT2D eigenvalue weighted by Crippen LogP contribution is -2.47. The Hall–Kier alpha value is -1.55. The number of ether oxygens (including phenoxy) is 1. The molecule has 4 heteroatoms. The molecule has 2 heterocycles. The van der Waals surface area contributed by atoms with E-state index in [1.165, 1.54) is 18.4 Å². The minimum Gasteiger partial charge on any atom is -0.494 e. The van der Waals surface area contributed by atoms with Gasteiger partial charge in [0.15, 0.2) is 0 Å². The Morgan fingerprint density at radius 1 is 1.26 bits per heavy atom. The van der Waals surface area contributed by atoms with Crippen LogP contribution in [-0.4, -0.2) is 30.6 Å². The van der Waals surface area contributed by atoms with E-state index in [0.717, 1.165) is 31.4 Å². The van der Waals surface area contributed by atoms with E-state index in [0.29, 0.717) is 31.2 Å². The first-order chi connectivity index (χ1) is 11.2. The summed E-state index contributed by atoms with van der Waals surface area (Å²) < 4.78 is 5.72. The minimum absolute atomic E-state index is 0.201. The van der Waals surface area contributed by atoms with Crippen molar-refractivity contribution in [3.8, 4) is 5.75 Å². The fourth-order valence-electron chi connectivity index (χ4n) is 3.76. The van der Waals surface area contributed by atoms with Crippen LogP contribution in [0.5, 0.6) is 5.75 Å². The summed E-state index contributed by atoms with van der Waals surface area (Å²) in [6.45, 7) is 2.73. The van der Waals surface area contributed by atoms with Crippen molar-refractivity contribution in [3.63, 3.8) is 0 Å². The molecule has 2 aliphatic rings. The monoisotopic (exact) mass is 316 g/mol. The molecule has 126 valence electrons. The third kappa shape index (κ3) is 4.96. The van der Waals surface area contributed by atoms with E-state index in [1.807, 2.05) is 18.2 Å². The molecule has 0 aromatic heterocycles. The molecule has 0 saturated carbocycles. The molecule has 1 aromatic rings. The van der Waals surface area contributed by atoms with Gasteiger partial charge in [-0.15, -0.1) is 0 Å². The number of piperidine rings is 1. The van der Waals surface area contributed by atoms with Crippen molar-refractivity contribution in [3.05, 3.63) is 29.8 Å². The number of benzene rings is 1. The average molecular weight is 316 g/mol. The van der Waals surface area contributed by atoms with Crippen molar-refractivity contribution in [2.75, 3.05) is 6.61 Å². The molecule has 2 saturated heterocycles. The molecular weight excluding hydrogens is 288 g/mol. The molecule has 2 unspecified atom stereocenters. The van der Waals surface area contributed by atoms with Gasteiger partial charge in [0.25, 0.3) is 0 Å². The van der Waals surface area contributed by atoms with Crippen molar-refractivity contribution in [1.29, 1.82) is 0 Å². The molecule has 3 rings (SSSR count). The fraction of sp³-hybridized carbons (Fsp3) is 0.632. The molecule has 2 aliphatic heterocycles. The predicted octanol–water partition coefficient (Wildman–Crippen LogP) is 2.94. The van der Waals surface area contributed by atoms with Crippen LogP contribution in [-0.2, 0) is 4.79 Å². The molecule has 4 nitrogen and oxygen atoms in total. The van der Waals surface area contributed by atoms with Crippen LogP contribution in [0.4, 0.5) is 0 Å². The summed E-state index contributed by atoms with van der Waals surface area (Å²) >= 11 is 0. The van der Waals surface area contributed by atoms with Crippen LogP contribution in [0, 0.1) is 6.92 Å². The number of fused-ring (bicyclic) bond motifs is 2. The predicted molar refractivity (Wildman–Crippen MR) is 91.6 cm³/mol. The zero-order valence-corrected chi connectivity index (χ0v) is 14.0. The molecule has 0 spiro atoms. The molecule has 1 aromatic carbocycles. The molecule has 0 aliphatic carbocycles. The molecule has 1 amide bonds. The molecule has 2 bridgehead atoms. The minimum atomic E-state index is 0.201. The van der Waals surface area contributed by atoms with Crippen molar-refractivity contribution in [2.24, 2.45) is 0 Å². The quantitative estimate of drug-likeness (QED) is 0.761. The number of carbonyl (C=O) groups is 1. The smallest absolute Gasteiger partial charge is 0.220 e. The molecule has 2 atom stereocenters. The van der Waals surface area contributed by atoms with Crippen LogP contribution in [0.25, 0.3) is 0 Å². The van der Waals surface area contributed by atoms with Crippen molar-refractivity contribution < 1.29 is 9.53 Å². The zero-order chi connectivity index (χ0) is 16.1. The first kappa shape index (κ1) is 16.3. The van der Waals surface area contributed by atoms with Crippen LogP contribution in [0.2, 0.25) is 0 Å². The van der Waals surface area contributed by atoms with Crippen molar-refractivity contribution in [2.45, 2.75) is 70.0 Å². The second-order valence-electron chi connectivity index (χ2n) is 7.00. The molecule has 23 heavy (non-hydrogen) atoms. The molecule has 2 N–H and O–H groups in total. The lowest BCUT2D eigenvalue weighted by molar-refractivity contribution is -0.122. The normalized spacial score (nSPS) is 26.0. The number of aryl methyl sites for hydroxylation is 1. The number of nitrogens with one attached hydrogen (secondary N) is 2. The SMILES string of the molecule is Cc1cccc(OCCCCC(=O)NC2CC3CCC(C2)N3)c1. The summed E-state index contributed by atoms with van der Waals surface area (Å²) in [5, 5.41) is 6.82. The maximum absolute atomic E-state index is 12.1. The third-order valence-corrected chi connectivity index (χ3v) is 4.89. The maximum Gasteiger partial charge on any atom is 0.220 e. The van der Waals surface area contributed by atoms with Gasteiger partial charge in [-0.05, 0) is 63.1 Å². The Balaban J connectivity index is 1.28. The van der Waals surface area contributed by atoms with Crippen molar-refractivity contribution in [1.82, 2.24) is 10.6 Å². The van der Waals surface area contributed by atoms with E-state index >= 15 is 0 Å². The number of unbranched alkanes of at least 4 members (excludes halogenated alkanes) is 1. The Labute approximate surface area is 139 Å². The summed E-state index contributed by atoms with van der Waals surface area (Å²) in [5.41, 5.74) is 1.21. The van der Waals surface area contributed by atoms with Gasteiger partial charge in [0.2, 0.25) is 5.91 Å². The van der Waals surface area contributed by atoms with E-state index in [-0.39, 0.29) is 5.91 Å². The van der Waals surface area contributed by atoms with Gasteiger partial charge in [-0.3, -0.25) is 4.79 Å². The van der Waals surface area contributed by atoms with E-state index in [1.54, 1.807) is 0 Å². The Bertz CT molecular complexity index is 520. The number of hydrogen-bond donors (Lipinski definition) is 2. The number of carbonyl (C=O) groups excluding carboxylic acids is 1. The number of hydrogen-bond acceptors (Lipinski definition) is 3. The first-order valence-electron chi connectivity index (χ1n) is 8.94. The Morgan fingerprint density at radius 3 is 2.78 bits per heavy atom. The van der Waals surface area contributed by atoms with E-state index in [4.69, 9.17) is 4.74 Å². The Morgan fingerprint density at radius 2 is 2.04 bits per heavy atom. The van der Waals surface area contributed by atoms with Gasteiger partial charge >= 0.3 is 0 Å². The van der Waals surface area contributed by atoms with Gasteiger partial charge in [0.1, 0.15) is 5.75 Å². The lowest BCUT2D eigenvalue weighted by Gasteiger charge is -2.29. The van der Waals surface area contributed by atoms with Crippen molar-refractivity contribution >= 4 is 5.91 Å². The highest BCUT2D eigenvalue weighted by Gasteiger charge is 2.33. The molecule has 2 fully saturated rings. The van der Waals surface area contributed by atoms with Crippen LogP contribution < -0.4 is 15.4 Å². The average Bonchev–Trinajstić information content (AvgIpc) is 2.86. The summed E-state index contributed by atoms with van der Waals surface area (Å²) in [6, 6.07) is 9.71. The summed E-state index contributed by atoms with van der Waals surface area (Å²) in [6.07, 6.45) is 7.14. The van der Waals surface area contributed by atoms with Crippen LogP contribution in [0.3, 0.4) is 0 Å². The number of rotatable bonds is 7. The van der Waals surface area contributed by atoms with E-state index < -0.39 is 0 Å². The highest BCUT2D eigenvalue weighted by atomic mass is 16.5. The van der Waals surface area contributed by atoms with Gasteiger partial charge in [-0.2, -0.15) is 0 Å². The van der Waals surface area contributed by atoms with Crippen LogP contribution in [0.1, 0.15) is 50.5 Å². The van der Waals surface area contributed by atoms with E-state index in [2.05, 4.69) is 23.6 Å². The lowest BCUT2D eigenvalue weighted by atomic mass is 9.99. The third-order valence-electron chi connectivity index (χ3n) is 4.89. The van der Waals surface area contributed by atoms with Gasteiger partial charge in [-0.1, -0.05) is 12.1 Å². The van der Waals surface area contributed by atoms with Crippen LogP contribution in [0.15, 0.2) is 24.3 Å². The van der Waals surface area contributed by atoms with E-state index in [9.17, 15) is 4.79 Å². The highest BCUT2D eigenvalue weighted by Crippen LogP contribution is 2.26. The van der Waals surface area contributed by atoms with Crippen LogP contribution >= 0.6 is 0 Å². The summed E-state index contributed by atoms with van der Waals surface area (Å²) in [5.74, 6) is 1.12. The van der Waals surface area contributed by atoms with Gasteiger partial charge in [-0.25, -0.2) is 0 Å². The summed E-state index contributed by atoms with van der Waals surface area (Å²) in [4.78, 5) is 12.1. The summed E-state index contributed by atoms with van der Waals surface area (Å²) in [7, 11) is 0. The maximum atomic E-state index is 12.1. The first-order valence-corrected chi connectivity index (χ1v) is 8.94. The van der Waals surface area contributed by atoms with Gasteiger partial charge < -0.3 is 15.4 Å². The van der Waals surface area contributed by atoms with Gasteiger partial charge in [0, 0.05) is 24.5 Å². The van der Waals surface area contributed by atoms with Gasteiger partial charge in [0.05, 0.1) is 6.61 Å². The second kappa shape index (κ2) is 7.82. The topological polar surface area (TPSA) is 50.4 Å². The Kier molecular flexibility index (Phi) is 5.55. The number of amides is 1. The standard InChI is InChI=1S/C19H28N2O2/c1-14-5-4-6-18(11-14)23-10-3-2-7-19(22)21-17-12-15-8-9-16(13-17)20-15/h4-6,11,15-17,20H,2-3,7-10,12-13H2,1H3,(H,21,22). The second-order valence-corrected chi connectivity index (χ2v) is 7.00. The zero-order valence-electron chi connectivity index (χ0n) is 14.0. The fourth-order valence-corrected chi connectivity index (χ4v) is 3.76. The largest absolute Gasteiger partial charge is 0.494 e. The molecular formula is C19H28N2O2. The highest BCUT2D eigenvalue weighted by molar-refractivity contribution is 5.76. The molecule has 0 radical (unpaired) electrons.